The molecule has 11 nitrogen and oxygen atoms in total. The van der Waals surface area contributed by atoms with Gasteiger partial charge in [0.05, 0.1) is 43.8 Å². The number of nitro groups is 1. The van der Waals surface area contributed by atoms with Gasteiger partial charge in [0.25, 0.3) is 5.69 Å². The van der Waals surface area contributed by atoms with E-state index < -0.39 is 4.92 Å². The van der Waals surface area contributed by atoms with E-state index in [1.165, 1.54) is 25.3 Å². The first kappa shape index (κ1) is 21.9. The number of carbonyl (C=O) groups is 1. The van der Waals surface area contributed by atoms with Crippen molar-refractivity contribution < 1.29 is 23.9 Å². The molecular weight excluding hydrogens is 426 g/mol. The van der Waals surface area contributed by atoms with Gasteiger partial charge in [-0.15, -0.1) is 5.10 Å². The lowest BCUT2D eigenvalue weighted by atomic mass is 10.2. The van der Waals surface area contributed by atoms with Gasteiger partial charge in [0, 0.05) is 17.7 Å². The SMILES string of the molecule is COc1cc(OC)cc(-c2nc(SCC(=O)Nc3ccc([N+](=O)[O-])cc3OC)n[nH]2)c1. The fourth-order valence-corrected chi connectivity index (χ4v) is 3.20. The van der Waals surface area contributed by atoms with E-state index in [-0.39, 0.29) is 23.1 Å². The van der Waals surface area contributed by atoms with Gasteiger partial charge >= 0.3 is 0 Å². The van der Waals surface area contributed by atoms with Crippen LogP contribution in [0.25, 0.3) is 11.4 Å². The van der Waals surface area contributed by atoms with Crippen LogP contribution in [0.4, 0.5) is 11.4 Å². The minimum absolute atomic E-state index is 0.0267. The predicted octanol–water partition coefficient (Wildman–Crippen LogP) is 3.14. The van der Waals surface area contributed by atoms with Crippen LogP contribution in [0.3, 0.4) is 0 Å². The first-order valence-electron chi connectivity index (χ1n) is 8.84. The number of rotatable bonds is 9. The number of benzene rings is 2. The highest BCUT2D eigenvalue weighted by atomic mass is 32.2. The molecule has 1 heterocycles. The molecule has 0 aliphatic carbocycles. The number of non-ortho nitro benzene ring substituents is 1. The summed E-state index contributed by atoms with van der Waals surface area (Å²) in [6.45, 7) is 0. The second kappa shape index (κ2) is 9.80. The topological polar surface area (TPSA) is 142 Å². The van der Waals surface area contributed by atoms with E-state index in [2.05, 4.69) is 20.5 Å². The van der Waals surface area contributed by atoms with Crippen LogP contribution in [0.15, 0.2) is 41.6 Å². The lowest BCUT2D eigenvalue weighted by molar-refractivity contribution is -0.384. The largest absolute Gasteiger partial charge is 0.497 e. The molecule has 0 spiro atoms. The minimum atomic E-state index is -0.539. The average Bonchev–Trinajstić information content (AvgIpc) is 3.26. The summed E-state index contributed by atoms with van der Waals surface area (Å²) in [4.78, 5) is 27.0. The number of nitro benzene ring substituents is 1. The molecule has 0 aliphatic heterocycles. The van der Waals surface area contributed by atoms with E-state index in [1.807, 2.05) is 0 Å². The number of amides is 1. The number of carbonyl (C=O) groups excluding carboxylic acids is 1. The van der Waals surface area contributed by atoms with Crippen molar-refractivity contribution >= 4 is 29.0 Å². The molecular formula is C19H19N5O6S. The van der Waals surface area contributed by atoms with Crippen LogP contribution in [0, 0.1) is 10.1 Å². The van der Waals surface area contributed by atoms with E-state index in [0.717, 1.165) is 17.3 Å². The summed E-state index contributed by atoms with van der Waals surface area (Å²) in [5, 5.41) is 20.8. The monoisotopic (exact) mass is 445 g/mol. The third-order valence-electron chi connectivity index (χ3n) is 4.09. The Morgan fingerprint density at radius 3 is 2.45 bits per heavy atom. The molecule has 12 heteroatoms. The Kier molecular flexibility index (Phi) is 6.92. The highest BCUT2D eigenvalue weighted by Crippen LogP contribution is 2.30. The summed E-state index contributed by atoms with van der Waals surface area (Å²) in [7, 11) is 4.48. The van der Waals surface area contributed by atoms with Crippen molar-refractivity contribution in [1.82, 2.24) is 15.2 Å². The maximum absolute atomic E-state index is 12.3. The zero-order valence-corrected chi connectivity index (χ0v) is 17.7. The molecule has 0 saturated heterocycles. The van der Waals surface area contributed by atoms with Crippen molar-refractivity contribution in [2.45, 2.75) is 5.16 Å². The molecule has 0 unspecified atom stereocenters. The summed E-state index contributed by atoms with van der Waals surface area (Å²) in [5.41, 5.74) is 0.917. The Labute approximate surface area is 181 Å². The lowest BCUT2D eigenvalue weighted by Crippen LogP contribution is -2.14. The summed E-state index contributed by atoms with van der Waals surface area (Å²) >= 11 is 1.13. The highest BCUT2D eigenvalue weighted by Gasteiger charge is 2.15. The minimum Gasteiger partial charge on any atom is -0.497 e. The zero-order valence-electron chi connectivity index (χ0n) is 16.9. The molecule has 0 bridgehead atoms. The fraction of sp³-hybridized carbons (Fsp3) is 0.211. The third-order valence-corrected chi connectivity index (χ3v) is 4.94. The molecule has 3 aromatic rings. The number of nitrogens with zero attached hydrogens (tertiary/aromatic N) is 3. The fourth-order valence-electron chi connectivity index (χ4n) is 2.60. The molecule has 0 aliphatic rings. The second-order valence-corrected chi connectivity index (χ2v) is 6.99. The molecule has 162 valence electrons. The Hall–Kier alpha value is -3.80. The maximum Gasteiger partial charge on any atom is 0.273 e. The molecule has 2 aromatic carbocycles. The van der Waals surface area contributed by atoms with Crippen molar-refractivity contribution in [2.75, 3.05) is 32.4 Å². The third kappa shape index (κ3) is 5.42. The number of aromatic amines is 1. The van der Waals surface area contributed by atoms with Crippen molar-refractivity contribution in [2.24, 2.45) is 0 Å². The molecule has 1 aromatic heterocycles. The first-order valence-corrected chi connectivity index (χ1v) is 9.83. The number of nitrogens with one attached hydrogen (secondary N) is 2. The zero-order chi connectivity index (χ0) is 22.4. The number of thioether (sulfide) groups is 1. The Bertz CT molecular complexity index is 1080. The number of anilines is 1. The van der Waals surface area contributed by atoms with Gasteiger partial charge in [0.2, 0.25) is 11.1 Å². The number of aromatic nitrogens is 3. The normalized spacial score (nSPS) is 10.4. The first-order chi connectivity index (χ1) is 14.9. The van der Waals surface area contributed by atoms with Gasteiger partial charge in [-0.3, -0.25) is 20.0 Å². The van der Waals surface area contributed by atoms with Crippen molar-refractivity contribution in [3.05, 3.63) is 46.5 Å². The van der Waals surface area contributed by atoms with Crippen LogP contribution in [0.1, 0.15) is 0 Å². The van der Waals surface area contributed by atoms with Gasteiger partial charge in [-0.1, -0.05) is 11.8 Å². The second-order valence-electron chi connectivity index (χ2n) is 6.05. The van der Waals surface area contributed by atoms with Crippen molar-refractivity contribution in [1.29, 1.82) is 0 Å². The lowest BCUT2D eigenvalue weighted by Gasteiger charge is -2.09. The maximum atomic E-state index is 12.3. The summed E-state index contributed by atoms with van der Waals surface area (Å²) in [6.07, 6.45) is 0. The van der Waals surface area contributed by atoms with E-state index in [9.17, 15) is 14.9 Å². The van der Waals surface area contributed by atoms with E-state index in [4.69, 9.17) is 14.2 Å². The highest BCUT2D eigenvalue weighted by molar-refractivity contribution is 7.99. The standard InChI is InChI=1S/C19H19N5O6S/c1-28-13-6-11(7-14(9-13)29-2)18-21-19(23-22-18)31-10-17(25)20-15-5-4-12(24(26)27)8-16(15)30-3/h4-9H,10H2,1-3H3,(H,20,25)(H,21,22,23). The van der Waals surface area contributed by atoms with Crippen LogP contribution in [-0.2, 0) is 4.79 Å². The number of hydrogen-bond donors (Lipinski definition) is 2. The molecule has 0 radical (unpaired) electrons. The smallest absolute Gasteiger partial charge is 0.273 e. The summed E-state index contributed by atoms with van der Waals surface area (Å²) in [6, 6.07) is 9.25. The summed E-state index contributed by atoms with van der Waals surface area (Å²) in [5.74, 6) is 1.59. The van der Waals surface area contributed by atoms with Crippen LogP contribution >= 0.6 is 11.8 Å². The van der Waals surface area contributed by atoms with E-state index in [1.54, 1.807) is 32.4 Å². The number of methoxy groups -OCH3 is 3. The molecule has 0 atom stereocenters. The molecule has 1 amide bonds. The molecule has 2 N–H and O–H groups in total. The molecule has 0 saturated carbocycles. The van der Waals surface area contributed by atoms with E-state index in [0.29, 0.717) is 28.2 Å². The Morgan fingerprint density at radius 1 is 1.13 bits per heavy atom. The van der Waals surface area contributed by atoms with Crippen LogP contribution in [0.5, 0.6) is 17.2 Å². The van der Waals surface area contributed by atoms with Crippen molar-refractivity contribution in [3.8, 4) is 28.6 Å². The van der Waals surface area contributed by atoms with Gasteiger partial charge in [-0.25, -0.2) is 4.98 Å². The van der Waals surface area contributed by atoms with Gasteiger partial charge < -0.3 is 19.5 Å². The number of H-pyrrole nitrogens is 1. The van der Waals surface area contributed by atoms with Crippen LogP contribution in [-0.4, -0.2) is 53.1 Å². The Morgan fingerprint density at radius 2 is 1.84 bits per heavy atom. The number of ether oxygens (including phenoxy) is 3. The molecule has 3 rings (SSSR count). The Balaban J connectivity index is 1.65. The quantitative estimate of drug-likeness (QED) is 0.288. The van der Waals surface area contributed by atoms with Crippen LogP contribution in [0.2, 0.25) is 0 Å². The van der Waals surface area contributed by atoms with E-state index >= 15 is 0 Å². The van der Waals surface area contributed by atoms with Gasteiger partial charge in [-0.2, -0.15) is 0 Å². The number of hydrogen-bond acceptors (Lipinski definition) is 9. The molecule has 31 heavy (non-hydrogen) atoms. The van der Waals surface area contributed by atoms with Gasteiger partial charge in [0.1, 0.15) is 17.2 Å². The average molecular weight is 445 g/mol. The van der Waals surface area contributed by atoms with Crippen molar-refractivity contribution in [3.63, 3.8) is 0 Å². The van der Waals surface area contributed by atoms with Gasteiger partial charge in [-0.05, 0) is 18.2 Å². The molecule has 0 fully saturated rings. The van der Waals surface area contributed by atoms with Crippen LogP contribution < -0.4 is 19.5 Å². The summed E-state index contributed by atoms with van der Waals surface area (Å²) < 4.78 is 15.6. The predicted molar refractivity (Wildman–Crippen MR) is 114 cm³/mol. The van der Waals surface area contributed by atoms with Gasteiger partial charge in [0.15, 0.2) is 5.82 Å².